The van der Waals surface area contributed by atoms with Gasteiger partial charge in [-0.25, -0.2) is 0 Å². The van der Waals surface area contributed by atoms with Crippen molar-refractivity contribution in [1.29, 1.82) is 5.41 Å². The summed E-state index contributed by atoms with van der Waals surface area (Å²) in [7, 11) is 0. The third-order valence-corrected chi connectivity index (χ3v) is 6.17. The van der Waals surface area contributed by atoms with Crippen LogP contribution in [0.1, 0.15) is 61.0 Å². The molecular formula is C27H34N4O4. The van der Waals surface area contributed by atoms with Crippen molar-refractivity contribution in [2.24, 2.45) is 11.7 Å². The highest BCUT2D eigenvalue weighted by Crippen LogP contribution is 2.23. The predicted molar refractivity (Wildman–Crippen MR) is 134 cm³/mol. The summed E-state index contributed by atoms with van der Waals surface area (Å²) in [5.74, 6) is -0.375. The number of nitrogens with zero attached hydrogens (tertiary/aromatic N) is 1. The number of hydrogen-bond donors (Lipinski definition) is 3. The monoisotopic (exact) mass is 478 g/mol. The number of carbonyl (C=O) groups is 3. The topological polar surface area (TPSA) is 126 Å². The van der Waals surface area contributed by atoms with Crippen LogP contribution in [0, 0.1) is 11.3 Å². The number of nitrogens with two attached hydrogens (primary N) is 1. The molecule has 35 heavy (non-hydrogen) atoms. The van der Waals surface area contributed by atoms with Gasteiger partial charge in [-0.2, -0.15) is 0 Å². The van der Waals surface area contributed by atoms with Crippen molar-refractivity contribution >= 4 is 23.6 Å². The second kappa shape index (κ2) is 11.6. The molecule has 1 aliphatic rings. The Morgan fingerprint density at radius 2 is 1.63 bits per heavy atom. The highest BCUT2D eigenvalue weighted by molar-refractivity contribution is 5.98. The molecule has 2 aromatic rings. The molecule has 8 heteroatoms. The molecule has 1 fully saturated rings. The van der Waals surface area contributed by atoms with Crippen LogP contribution in [0.2, 0.25) is 0 Å². The van der Waals surface area contributed by atoms with E-state index in [0.717, 1.165) is 18.4 Å². The van der Waals surface area contributed by atoms with Crippen molar-refractivity contribution in [3.8, 4) is 0 Å². The SMILES string of the molecule is CC(C)(CC(=O)N1CCC(CC(=O)OCc2ccccc2)CC1)NC(=O)c1ccc(C(=N)N)cc1. The van der Waals surface area contributed by atoms with Crippen molar-refractivity contribution in [2.75, 3.05) is 13.1 Å². The zero-order chi connectivity index (χ0) is 25.4. The lowest BCUT2D eigenvalue weighted by Crippen LogP contribution is -2.49. The normalized spacial score (nSPS) is 14.3. The Morgan fingerprint density at radius 3 is 2.23 bits per heavy atom. The fourth-order valence-electron chi connectivity index (χ4n) is 4.13. The summed E-state index contributed by atoms with van der Waals surface area (Å²) in [6.45, 7) is 5.10. The third kappa shape index (κ3) is 7.95. The molecule has 0 spiro atoms. The molecule has 2 amide bonds. The second-order valence-corrected chi connectivity index (χ2v) is 9.68. The number of piperidine rings is 1. The number of amides is 2. The van der Waals surface area contributed by atoms with Crippen LogP contribution >= 0.6 is 0 Å². The predicted octanol–water partition coefficient (Wildman–Crippen LogP) is 3.24. The number of amidine groups is 1. The van der Waals surface area contributed by atoms with Crippen LogP contribution in [0.15, 0.2) is 54.6 Å². The molecule has 0 bridgehead atoms. The Hall–Kier alpha value is -3.68. The largest absolute Gasteiger partial charge is 0.461 e. The maximum absolute atomic E-state index is 12.9. The quantitative estimate of drug-likeness (QED) is 0.290. The van der Waals surface area contributed by atoms with Gasteiger partial charge in [0, 0.05) is 42.6 Å². The first-order chi connectivity index (χ1) is 16.6. The van der Waals surface area contributed by atoms with E-state index in [2.05, 4.69) is 5.32 Å². The van der Waals surface area contributed by atoms with Gasteiger partial charge in [0.25, 0.3) is 5.91 Å². The van der Waals surface area contributed by atoms with Crippen LogP contribution in [0.4, 0.5) is 0 Å². The zero-order valence-electron chi connectivity index (χ0n) is 20.4. The molecule has 1 heterocycles. The minimum atomic E-state index is -0.731. The van der Waals surface area contributed by atoms with Crippen molar-refractivity contribution in [2.45, 2.75) is 51.7 Å². The van der Waals surface area contributed by atoms with E-state index >= 15 is 0 Å². The molecule has 2 aromatic carbocycles. The lowest BCUT2D eigenvalue weighted by atomic mass is 9.92. The molecule has 8 nitrogen and oxygen atoms in total. The van der Waals surface area contributed by atoms with Crippen LogP contribution in [0.25, 0.3) is 0 Å². The smallest absolute Gasteiger partial charge is 0.306 e. The second-order valence-electron chi connectivity index (χ2n) is 9.68. The molecule has 0 unspecified atom stereocenters. The van der Waals surface area contributed by atoms with Gasteiger partial charge >= 0.3 is 5.97 Å². The van der Waals surface area contributed by atoms with Gasteiger partial charge in [-0.1, -0.05) is 42.5 Å². The molecule has 0 radical (unpaired) electrons. The Labute approximate surface area is 206 Å². The number of nitrogen functional groups attached to an aromatic ring is 1. The highest BCUT2D eigenvalue weighted by Gasteiger charge is 2.30. The Bertz CT molecular complexity index is 1040. The number of esters is 1. The first kappa shape index (κ1) is 25.9. The van der Waals surface area contributed by atoms with Crippen LogP contribution in [0.3, 0.4) is 0 Å². The Kier molecular flexibility index (Phi) is 8.63. The van der Waals surface area contributed by atoms with Crippen molar-refractivity contribution in [1.82, 2.24) is 10.2 Å². The lowest BCUT2D eigenvalue weighted by molar-refractivity contribution is -0.146. The summed E-state index contributed by atoms with van der Waals surface area (Å²) < 4.78 is 5.39. The van der Waals surface area contributed by atoms with Crippen LogP contribution in [-0.2, 0) is 20.9 Å². The first-order valence-electron chi connectivity index (χ1n) is 11.9. The summed E-state index contributed by atoms with van der Waals surface area (Å²) in [5.41, 5.74) is 6.67. The number of benzene rings is 2. The minimum Gasteiger partial charge on any atom is -0.461 e. The van der Waals surface area contributed by atoms with Crippen molar-refractivity contribution in [3.63, 3.8) is 0 Å². The number of rotatable bonds is 9. The van der Waals surface area contributed by atoms with E-state index in [4.69, 9.17) is 15.9 Å². The average molecular weight is 479 g/mol. The molecule has 4 N–H and O–H groups in total. The van der Waals surface area contributed by atoms with Crippen molar-refractivity contribution < 1.29 is 19.1 Å². The van der Waals surface area contributed by atoms with E-state index in [1.165, 1.54) is 0 Å². The zero-order valence-corrected chi connectivity index (χ0v) is 20.4. The summed E-state index contributed by atoms with van der Waals surface area (Å²) >= 11 is 0. The molecule has 0 saturated carbocycles. The molecule has 186 valence electrons. The van der Waals surface area contributed by atoms with Gasteiger partial charge in [0.15, 0.2) is 0 Å². The lowest BCUT2D eigenvalue weighted by Gasteiger charge is -2.34. The van der Waals surface area contributed by atoms with E-state index in [-0.39, 0.29) is 42.6 Å². The number of ether oxygens (including phenoxy) is 1. The number of likely N-dealkylation sites (tertiary alicyclic amines) is 1. The highest BCUT2D eigenvalue weighted by atomic mass is 16.5. The maximum atomic E-state index is 12.9. The van der Waals surface area contributed by atoms with Gasteiger partial charge in [-0.05, 0) is 50.3 Å². The van der Waals surface area contributed by atoms with Crippen molar-refractivity contribution in [3.05, 3.63) is 71.3 Å². The van der Waals surface area contributed by atoms with E-state index in [1.807, 2.05) is 44.2 Å². The van der Waals surface area contributed by atoms with Gasteiger partial charge < -0.3 is 20.7 Å². The Balaban J connectivity index is 1.41. The van der Waals surface area contributed by atoms with E-state index in [0.29, 0.717) is 30.6 Å². The molecule has 1 saturated heterocycles. The summed E-state index contributed by atoms with van der Waals surface area (Å²) in [4.78, 5) is 39.5. The van der Waals surface area contributed by atoms with E-state index in [1.54, 1.807) is 29.2 Å². The van der Waals surface area contributed by atoms with Crippen LogP contribution < -0.4 is 11.1 Å². The van der Waals surface area contributed by atoms with Crippen LogP contribution in [-0.4, -0.2) is 47.1 Å². The number of nitrogens with one attached hydrogen (secondary N) is 2. The first-order valence-corrected chi connectivity index (χ1v) is 11.9. The van der Waals surface area contributed by atoms with Gasteiger partial charge in [0.2, 0.25) is 5.91 Å². The van der Waals surface area contributed by atoms with Gasteiger partial charge in [-0.3, -0.25) is 19.8 Å². The Morgan fingerprint density at radius 1 is 1.03 bits per heavy atom. The minimum absolute atomic E-state index is 0.0210. The molecule has 0 aromatic heterocycles. The van der Waals surface area contributed by atoms with E-state index < -0.39 is 5.54 Å². The molecule has 0 aliphatic carbocycles. The van der Waals surface area contributed by atoms with Gasteiger partial charge in [-0.15, -0.1) is 0 Å². The van der Waals surface area contributed by atoms with Crippen LogP contribution in [0.5, 0.6) is 0 Å². The number of carbonyl (C=O) groups excluding carboxylic acids is 3. The van der Waals surface area contributed by atoms with Gasteiger partial charge in [0.05, 0.1) is 0 Å². The average Bonchev–Trinajstić information content (AvgIpc) is 2.83. The fraction of sp³-hybridized carbons (Fsp3) is 0.407. The van der Waals surface area contributed by atoms with Gasteiger partial charge in [0.1, 0.15) is 12.4 Å². The standard InChI is InChI=1S/C27H34N4O4/c1-27(2,30-26(34)22-10-8-21(9-11-22)25(28)29)17-23(32)31-14-12-19(13-15-31)16-24(33)35-18-20-6-4-3-5-7-20/h3-11,19H,12-18H2,1-2H3,(H3,28,29)(H,30,34). The van der Waals surface area contributed by atoms with E-state index in [9.17, 15) is 14.4 Å². The molecule has 3 rings (SSSR count). The maximum Gasteiger partial charge on any atom is 0.306 e. The molecule has 0 atom stereocenters. The molecular weight excluding hydrogens is 444 g/mol. The summed E-state index contributed by atoms with van der Waals surface area (Å²) in [6.07, 6.45) is 2.04. The summed E-state index contributed by atoms with van der Waals surface area (Å²) in [6, 6.07) is 16.1. The number of hydrogen-bond acceptors (Lipinski definition) is 5. The summed E-state index contributed by atoms with van der Waals surface area (Å²) in [5, 5.41) is 10.4. The third-order valence-electron chi connectivity index (χ3n) is 6.17. The fourth-order valence-corrected chi connectivity index (χ4v) is 4.13. The molecule has 1 aliphatic heterocycles.